The van der Waals surface area contributed by atoms with Gasteiger partial charge in [-0.3, -0.25) is 14.4 Å². The van der Waals surface area contributed by atoms with E-state index in [4.69, 9.17) is 5.73 Å². The van der Waals surface area contributed by atoms with Gasteiger partial charge in [-0.05, 0) is 31.9 Å². The molecule has 0 radical (unpaired) electrons. The quantitative estimate of drug-likeness (QED) is 0.815. The number of thioether (sulfide) groups is 1. The maximum Gasteiger partial charge on any atom is 0.240 e. The molecule has 124 valence electrons. The maximum atomic E-state index is 12.1. The van der Waals surface area contributed by atoms with Crippen LogP contribution in [0.5, 0.6) is 0 Å². The molecular formula is C16H21N3O3S. The molecule has 2 rings (SSSR count). The summed E-state index contributed by atoms with van der Waals surface area (Å²) < 4.78 is 0. The van der Waals surface area contributed by atoms with E-state index in [0.29, 0.717) is 13.0 Å². The smallest absolute Gasteiger partial charge is 0.240 e. The first kappa shape index (κ1) is 17.3. The van der Waals surface area contributed by atoms with E-state index in [9.17, 15) is 14.4 Å². The van der Waals surface area contributed by atoms with Crippen LogP contribution in [0.1, 0.15) is 18.4 Å². The minimum absolute atomic E-state index is 0.139. The molecule has 1 aromatic carbocycles. The number of benzene rings is 1. The van der Waals surface area contributed by atoms with E-state index in [1.807, 2.05) is 31.2 Å². The van der Waals surface area contributed by atoms with Crippen molar-refractivity contribution in [2.75, 3.05) is 23.4 Å². The lowest BCUT2D eigenvalue weighted by atomic mass is 10.2. The molecule has 0 aromatic heterocycles. The van der Waals surface area contributed by atoms with E-state index < -0.39 is 11.9 Å². The average molecular weight is 335 g/mol. The maximum absolute atomic E-state index is 12.1. The molecule has 1 heterocycles. The number of anilines is 1. The zero-order chi connectivity index (χ0) is 16.8. The highest BCUT2D eigenvalue weighted by Gasteiger charge is 2.32. The van der Waals surface area contributed by atoms with Gasteiger partial charge >= 0.3 is 0 Å². The summed E-state index contributed by atoms with van der Waals surface area (Å²) in [5.41, 5.74) is 7.16. The normalized spacial score (nSPS) is 17.1. The van der Waals surface area contributed by atoms with E-state index >= 15 is 0 Å². The summed E-state index contributed by atoms with van der Waals surface area (Å²) in [6.07, 6.45) is 1.41. The number of nitrogens with one attached hydrogen (secondary N) is 1. The first-order valence-corrected chi connectivity index (χ1v) is 8.66. The highest BCUT2D eigenvalue weighted by molar-refractivity contribution is 8.00. The van der Waals surface area contributed by atoms with E-state index in [0.717, 1.165) is 17.7 Å². The number of likely N-dealkylation sites (tertiary alicyclic amines) is 1. The monoisotopic (exact) mass is 335 g/mol. The van der Waals surface area contributed by atoms with Gasteiger partial charge in [0.2, 0.25) is 17.7 Å². The van der Waals surface area contributed by atoms with Crippen LogP contribution in [-0.2, 0) is 14.4 Å². The highest BCUT2D eigenvalue weighted by atomic mass is 32.2. The molecule has 1 saturated heterocycles. The molecule has 0 spiro atoms. The van der Waals surface area contributed by atoms with E-state index in [2.05, 4.69) is 5.32 Å². The number of nitrogens with two attached hydrogens (primary N) is 1. The number of aryl methyl sites for hydroxylation is 1. The minimum Gasteiger partial charge on any atom is -0.368 e. The molecule has 0 aliphatic carbocycles. The Hall–Kier alpha value is -2.02. The summed E-state index contributed by atoms with van der Waals surface area (Å²) in [5.74, 6) is -0.392. The fourth-order valence-corrected chi connectivity index (χ4v) is 3.21. The highest BCUT2D eigenvalue weighted by Crippen LogP contribution is 2.18. The fraction of sp³-hybridized carbons (Fsp3) is 0.438. The van der Waals surface area contributed by atoms with Gasteiger partial charge in [-0.2, -0.15) is 0 Å². The Morgan fingerprint density at radius 3 is 2.61 bits per heavy atom. The number of nitrogens with zero attached hydrogens (tertiary/aromatic N) is 1. The van der Waals surface area contributed by atoms with Crippen LogP contribution in [-0.4, -0.2) is 46.7 Å². The Morgan fingerprint density at radius 2 is 1.96 bits per heavy atom. The van der Waals surface area contributed by atoms with Crippen LogP contribution in [0.15, 0.2) is 24.3 Å². The second-order valence-electron chi connectivity index (χ2n) is 5.55. The number of primary amides is 1. The molecule has 1 atom stereocenters. The Morgan fingerprint density at radius 1 is 1.26 bits per heavy atom. The molecule has 3 N–H and O–H groups in total. The molecule has 1 unspecified atom stereocenters. The number of rotatable bonds is 6. The van der Waals surface area contributed by atoms with Gasteiger partial charge in [-0.25, -0.2) is 0 Å². The molecule has 7 heteroatoms. The van der Waals surface area contributed by atoms with Gasteiger partial charge in [0, 0.05) is 12.2 Å². The second kappa shape index (κ2) is 8.01. The molecule has 1 aliphatic heterocycles. The molecule has 3 amide bonds. The first-order valence-electron chi connectivity index (χ1n) is 7.50. The van der Waals surface area contributed by atoms with Gasteiger partial charge in [-0.15, -0.1) is 11.8 Å². The largest absolute Gasteiger partial charge is 0.368 e. The zero-order valence-electron chi connectivity index (χ0n) is 13.1. The van der Waals surface area contributed by atoms with Crippen molar-refractivity contribution >= 4 is 35.2 Å². The van der Waals surface area contributed by atoms with Gasteiger partial charge in [0.1, 0.15) is 6.04 Å². The number of carbonyl (C=O) groups is 3. The van der Waals surface area contributed by atoms with Crippen molar-refractivity contribution in [3.8, 4) is 0 Å². The van der Waals surface area contributed by atoms with Crippen LogP contribution in [0.25, 0.3) is 0 Å². The third-order valence-electron chi connectivity index (χ3n) is 3.70. The number of amides is 3. The van der Waals surface area contributed by atoms with Crippen LogP contribution >= 0.6 is 11.8 Å². The second-order valence-corrected chi connectivity index (χ2v) is 6.54. The average Bonchev–Trinajstić information content (AvgIpc) is 2.99. The lowest BCUT2D eigenvalue weighted by molar-refractivity contribution is -0.135. The van der Waals surface area contributed by atoms with Crippen LogP contribution < -0.4 is 11.1 Å². The fourth-order valence-electron chi connectivity index (χ4n) is 2.51. The summed E-state index contributed by atoms with van der Waals surface area (Å²) in [6, 6.07) is 7.02. The van der Waals surface area contributed by atoms with Crippen molar-refractivity contribution in [2.24, 2.45) is 5.73 Å². The van der Waals surface area contributed by atoms with Crippen molar-refractivity contribution in [1.29, 1.82) is 0 Å². The van der Waals surface area contributed by atoms with Crippen molar-refractivity contribution in [3.63, 3.8) is 0 Å². The molecule has 0 bridgehead atoms. The molecule has 1 aromatic rings. The van der Waals surface area contributed by atoms with Gasteiger partial charge in [-0.1, -0.05) is 17.7 Å². The summed E-state index contributed by atoms with van der Waals surface area (Å²) in [4.78, 5) is 36.7. The standard InChI is InChI=1S/C16H21N3O3S/c1-11-4-6-12(7-5-11)18-14(20)9-23-10-15(21)19-8-2-3-13(19)16(17)22/h4-7,13H,2-3,8-10H2,1H3,(H2,17,22)(H,18,20). The van der Waals surface area contributed by atoms with Crippen LogP contribution in [0.4, 0.5) is 5.69 Å². The topological polar surface area (TPSA) is 92.5 Å². The molecule has 0 saturated carbocycles. The minimum atomic E-state index is -0.496. The SMILES string of the molecule is Cc1ccc(NC(=O)CSCC(=O)N2CCCC2C(N)=O)cc1. The van der Waals surface area contributed by atoms with E-state index in [-0.39, 0.29) is 23.3 Å². The molecule has 1 aliphatic rings. The molecule has 6 nitrogen and oxygen atoms in total. The summed E-state index contributed by atoms with van der Waals surface area (Å²) in [6.45, 7) is 2.54. The van der Waals surface area contributed by atoms with Crippen molar-refractivity contribution < 1.29 is 14.4 Å². The molecule has 23 heavy (non-hydrogen) atoms. The Labute approximate surface area is 139 Å². The zero-order valence-corrected chi connectivity index (χ0v) is 13.9. The summed E-state index contributed by atoms with van der Waals surface area (Å²) >= 11 is 1.24. The predicted molar refractivity (Wildman–Crippen MR) is 91.1 cm³/mol. The number of carbonyl (C=O) groups excluding carboxylic acids is 3. The van der Waals surface area contributed by atoms with Crippen molar-refractivity contribution in [3.05, 3.63) is 29.8 Å². The van der Waals surface area contributed by atoms with Crippen LogP contribution in [0.2, 0.25) is 0 Å². The van der Waals surface area contributed by atoms with Gasteiger partial charge in [0.15, 0.2) is 0 Å². The Kier molecular flexibility index (Phi) is 6.04. The summed E-state index contributed by atoms with van der Waals surface area (Å²) in [5, 5.41) is 2.78. The number of hydrogen-bond donors (Lipinski definition) is 2. The molecular weight excluding hydrogens is 314 g/mol. The molecule has 1 fully saturated rings. The summed E-state index contributed by atoms with van der Waals surface area (Å²) in [7, 11) is 0. The van der Waals surface area contributed by atoms with Gasteiger partial charge < -0.3 is 16.0 Å². The number of hydrogen-bond acceptors (Lipinski definition) is 4. The third-order valence-corrected chi connectivity index (χ3v) is 4.61. The van der Waals surface area contributed by atoms with Gasteiger partial charge in [0.25, 0.3) is 0 Å². The van der Waals surface area contributed by atoms with Crippen molar-refractivity contribution in [1.82, 2.24) is 4.90 Å². The lowest BCUT2D eigenvalue weighted by Gasteiger charge is -2.21. The van der Waals surface area contributed by atoms with Crippen LogP contribution in [0, 0.1) is 6.92 Å². The van der Waals surface area contributed by atoms with E-state index in [1.54, 1.807) is 0 Å². The van der Waals surface area contributed by atoms with Gasteiger partial charge in [0.05, 0.1) is 11.5 Å². The predicted octanol–water partition coefficient (Wildman–Crippen LogP) is 1.14. The van der Waals surface area contributed by atoms with E-state index in [1.165, 1.54) is 16.7 Å². The lowest BCUT2D eigenvalue weighted by Crippen LogP contribution is -2.44. The van der Waals surface area contributed by atoms with Crippen LogP contribution in [0.3, 0.4) is 0 Å². The first-order chi connectivity index (χ1) is 11.0. The third kappa shape index (κ3) is 4.99. The Balaban J connectivity index is 1.73. The van der Waals surface area contributed by atoms with Crippen molar-refractivity contribution in [2.45, 2.75) is 25.8 Å². The Bertz CT molecular complexity index is 589.